The molecule has 0 N–H and O–H groups in total. The molecule has 6 nitrogen and oxygen atoms in total. The molecule has 2 aromatic rings. The topological polar surface area (TPSA) is 64.5 Å². The third kappa shape index (κ3) is 3.99. The van der Waals surface area contributed by atoms with E-state index in [1.807, 2.05) is 32.0 Å². The highest BCUT2D eigenvalue weighted by atomic mass is 79.9. The molecule has 0 amide bonds. The largest absolute Gasteiger partial charge is 0.480 e. The lowest BCUT2D eigenvalue weighted by Crippen LogP contribution is -2.32. The summed E-state index contributed by atoms with van der Waals surface area (Å²) in [6, 6.07) is 6.00. The van der Waals surface area contributed by atoms with E-state index in [-0.39, 0.29) is 5.97 Å². The van der Waals surface area contributed by atoms with E-state index in [0.717, 1.165) is 40.0 Å². The molecule has 1 fully saturated rings. The molecular formula is C20H24BrN3O3. The number of aromatic nitrogens is 2. The van der Waals surface area contributed by atoms with Gasteiger partial charge in [-0.1, -0.05) is 28.1 Å². The minimum Gasteiger partial charge on any atom is -0.480 e. The Morgan fingerprint density at radius 2 is 2.15 bits per heavy atom. The summed E-state index contributed by atoms with van der Waals surface area (Å²) < 4.78 is 11.5. The van der Waals surface area contributed by atoms with Gasteiger partial charge in [0.15, 0.2) is 0 Å². The first-order chi connectivity index (χ1) is 12.9. The smallest absolute Gasteiger partial charge is 0.312 e. The van der Waals surface area contributed by atoms with Gasteiger partial charge < -0.3 is 9.47 Å². The van der Waals surface area contributed by atoms with Gasteiger partial charge in [-0.15, -0.1) is 0 Å². The van der Waals surface area contributed by atoms with Crippen molar-refractivity contribution in [1.29, 1.82) is 0 Å². The summed E-state index contributed by atoms with van der Waals surface area (Å²) in [6.07, 6.45) is 2.55. The maximum atomic E-state index is 12.0. The molecule has 1 aliphatic heterocycles. The molecule has 0 radical (unpaired) electrons. The maximum Gasteiger partial charge on any atom is 0.312 e. The fourth-order valence-corrected chi connectivity index (χ4v) is 3.87. The Labute approximate surface area is 168 Å². The Hall–Kier alpha value is -1.99. The van der Waals surface area contributed by atoms with Crippen molar-refractivity contribution < 1.29 is 14.3 Å². The van der Waals surface area contributed by atoms with Crippen LogP contribution >= 0.6 is 15.9 Å². The van der Waals surface area contributed by atoms with Crippen LogP contribution in [0.15, 0.2) is 28.9 Å². The van der Waals surface area contributed by atoms with Crippen LogP contribution < -0.4 is 4.74 Å². The van der Waals surface area contributed by atoms with E-state index in [1.165, 1.54) is 7.11 Å². The second-order valence-corrected chi connectivity index (χ2v) is 7.99. The maximum absolute atomic E-state index is 12.0. The third-order valence-corrected chi connectivity index (χ3v) is 6.01. The lowest BCUT2D eigenvalue weighted by atomic mass is 9.90. The van der Waals surface area contributed by atoms with E-state index in [9.17, 15) is 4.79 Å². The number of nitrogens with zero attached hydrogens (tertiary/aromatic N) is 3. The van der Waals surface area contributed by atoms with Gasteiger partial charge in [-0.3, -0.25) is 14.7 Å². The van der Waals surface area contributed by atoms with Crippen molar-refractivity contribution >= 4 is 21.9 Å². The summed E-state index contributed by atoms with van der Waals surface area (Å²) in [5.41, 5.74) is 3.19. The lowest BCUT2D eigenvalue weighted by Gasteiger charge is -2.22. The minimum absolute atomic E-state index is 0.163. The van der Waals surface area contributed by atoms with Crippen molar-refractivity contribution in [2.24, 2.45) is 5.41 Å². The number of esters is 1. The fourth-order valence-electron chi connectivity index (χ4n) is 3.50. The van der Waals surface area contributed by atoms with Crippen LogP contribution in [-0.2, 0) is 16.1 Å². The van der Waals surface area contributed by atoms with E-state index in [2.05, 4.69) is 30.8 Å². The lowest BCUT2D eigenvalue weighted by molar-refractivity contribution is -0.151. The number of rotatable bonds is 5. The van der Waals surface area contributed by atoms with E-state index < -0.39 is 5.41 Å². The van der Waals surface area contributed by atoms with Crippen molar-refractivity contribution in [3.05, 3.63) is 40.1 Å². The van der Waals surface area contributed by atoms with Gasteiger partial charge in [-0.25, -0.2) is 4.98 Å². The molecule has 144 valence electrons. The molecule has 1 atom stereocenters. The molecule has 1 aromatic heterocycles. The zero-order chi connectivity index (χ0) is 19.6. The molecule has 1 unspecified atom stereocenters. The van der Waals surface area contributed by atoms with Crippen LogP contribution in [0.3, 0.4) is 0 Å². The SMILES string of the molecule is COC(=O)C1(C)CCN(Cc2ncc(-c3cccc(Br)c3C)nc2OC)C1. The van der Waals surface area contributed by atoms with Crippen molar-refractivity contribution in [2.45, 2.75) is 26.8 Å². The van der Waals surface area contributed by atoms with Crippen molar-refractivity contribution in [2.75, 3.05) is 27.3 Å². The molecule has 2 heterocycles. The average molecular weight is 434 g/mol. The Balaban J connectivity index is 1.82. The predicted octanol–water partition coefficient (Wildman–Crippen LogP) is 3.61. The highest BCUT2D eigenvalue weighted by Gasteiger charge is 2.41. The number of hydrogen-bond donors (Lipinski definition) is 0. The number of methoxy groups -OCH3 is 2. The molecule has 27 heavy (non-hydrogen) atoms. The number of benzene rings is 1. The molecule has 0 bridgehead atoms. The number of hydrogen-bond acceptors (Lipinski definition) is 6. The predicted molar refractivity (Wildman–Crippen MR) is 106 cm³/mol. The van der Waals surface area contributed by atoms with E-state index in [4.69, 9.17) is 9.47 Å². The molecular weight excluding hydrogens is 410 g/mol. The standard InChI is InChI=1S/C20H24BrN3O3/c1-13-14(6-5-7-15(13)21)16-10-22-17(18(23-16)26-3)11-24-9-8-20(2,12-24)19(25)27-4/h5-7,10H,8-9,11-12H2,1-4H3. The van der Waals surface area contributed by atoms with Gasteiger partial charge in [-0.2, -0.15) is 0 Å². The van der Waals surface area contributed by atoms with Crippen molar-refractivity contribution in [3.63, 3.8) is 0 Å². The van der Waals surface area contributed by atoms with Crippen LogP contribution in [0.1, 0.15) is 24.6 Å². The first kappa shape index (κ1) is 19.8. The fraction of sp³-hybridized carbons (Fsp3) is 0.450. The van der Waals surface area contributed by atoms with Gasteiger partial charge in [0.2, 0.25) is 5.88 Å². The normalized spacial score (nSPS) is 19.9. The van der Waals surface area contributed by atoms with Gasteiger partial charge in [0.25, 0.3) is 0 Å². The zero-order valence-corrected chi connectivity index (χ0v) is 17.7. The van der Waals surface area contributed by atoms with E-state index in [1.54, 1.807) is 13.3 Å². The summed E-state index contributed by atoms with van der Waals surface area (Å²) in [5.74, 6) is 0.349. The molecule has 0 saturated carbocycles. The van der Waals surface area contributed by atoms with Gasteiger partial charge in [0, 0.05) is 23.1 Å². The minimum atomic E-state index is -0.469. The highest BCUT2D eigenvalue weighted by Crippen LogP contribution is 2.33. The van der Waals surface area contributed by atoms with Gasteiger partial charge in [-0.05, 0) is 38.4 Å². The first-order valence-corrected chi connectivity index (χ1v) is 9.63. The first-order valence-electron chi connectivity index (χ1n) is 8.84. The Kier molecular flexibility index (Phi) is 5.81. The Morgan fingerprint density at radius 3 is 2.85 bits per heavy atom. The van der Waals surface area contributed by atoms with Gasteiger partial charge in [0.05, 0.1) is 31.5 Å². The molecule has 3 rings (SSSR count). The monoisotopic (exact) mass is 433 g/mol. The number of likely N-dealkylation sites (tertiary alicyclic amines) is 1. The zero-order valence-electron chi connectivity index (χ0n) is 16.1. The van der Waals surface area contributed by atoms with Crippen molar-refractivity contribution in [1.82, 2.24) is 14.9 Å². The molecule has 1 saturated heterocycles. The molecule has 0 aliphatic carbocycles. The van der Waals surface area contributed by atoms with Gasteiger partial charge in [0.1, 0.15) is 5.69 Å². The number of carbonyl (C=O) groups is 1. The summed E-state index contributed by atoms with van der Waals surface area (Å²) in [5, 5.41) is 0. The Morgan fingerprint density at radius 1 is 1.37 bits per heavy atom. The van der Waals surface area contributed by atoms with Crippen LogP contribution in [0.2, 0.25) is 0 Å². The number of halogens is 1. The van der Waals surface area contributed by atoms with Crippen LogP contribution in [0.5, 0.6) is 5.88 Å². The second-order valence-electron chi connectivity index (χ2n) is 7.14. The van der Waals surface area contributed by atoms with E-state index in [0.29, 0.717) is 19.0 Å². The van der Waals surface area contributed by atoms with Crippen molar-refractivity contribution in [3.8, 4) is 17.1 Å². The van der Waals surface area contributed by atoms with Crippen LogP contribution in [0.25, 0.3) is 11.3 Å². The third-order valence-electron chi connectivity index (χ3n) is 5.15. The molecule has 7 heteroatoms. The molecule has 1 aliphatic rings. The summed E-state index contributed by atoms with van der Waals surface area (Å²) in [7, 11) is 3.04. The highest BCUT2D eigenvalue weighted by molar-refractivity contribution is 9.10. The number of ether oxygens (including phenoxy) is 2. The number of carbonyl (C=O) groups excluding carboxylic acids is 1. The average Bonchev–Trinajstić information content (AvgIpc) is 3.05. The molecule has 1 aromatic carbocycles. The van der Waals surface area contributed by atoms with E-state index >= 15 is 0 Å². The quantitative estimate of drug-likeness (QED) is 0.670. The van der Waals surface area contributed by atoms with Crippen LogP contribution in [0.4, 0.5) is 0 Å². The summed E-state index contributed by atoms with van der Waals surface area (Å²) >= 11 is 3.56. The van der Waals surface area contributed by atoms with Crippen LogP contribution in [-0.4, -0.2) is 48.1 Å². The molecule has 0 spiro atoms. The summed E-state index contributed by atoms with van der Waals surface area (Å²) in [4.78, 5) is 23.5. The summed E-state index contributed by atoms with van der Waals surface area (Å²) in [6.45, 7) is 6.01. The van der Waals surface area contributed by atoms with Crippen LogP contribution in [0, 0.1) is 12.3 Å². The Bertz CT molecular complexity index is 858. The van der Waals surface area contributed by atoms with Gasteiger partial charge >= 0.3 is 5.97 Å². The second kappa shape index (κ2) is 7.94.